The van der Waals surface area contributed by atoms with E-state index in [4.69, 9.17) is 0 Å². The second kappa shape index (κ2) is 4.24. The number of carbonyl (C=O) groups is 1. The van der Waals surface area contributed by atoms with Crippen molar-refractivity contribution in [3.8, 4) is 0 Å². The van der Waals surface area contributed by atoms with Gasteiger partial charge in [-0.25, -0.2) is 0 Å². The number of hydrogen-bond donors (Lipinski definition) is 1. The maximum Gasteiger partial charge on any atom is 0.177 e. The van der Waals surface area contributed by atoms with Gasteiger partial charge in [-0.2, -0.15) is 0 Å². The average molecular weight is 209 g/mol. The second-order valence-electron chi connectivity index (χ2n) is 3.83. The Balaban J connectivity index is 2.04. The molecule has 1 fully saturated rings. The number of hydrogen-bond acceptors (Lipinski definition) is 3. The van der Waals surface area contributed by atoms with Gasteiger partial charge in [0.1, 0.15) is 0 Å². The smallest absolute Gasteiger partial charge is 0.177 e. The number of ketones is 1. The lowest BCUT2D eigenvalue weighted by Crippen LogP contribution is -2.33. The molecule has 1 N–H and O–H groups in total. The largest absolute Gasteiger partial charge is 0.313 e. The molecule has 1 saturated heterocycles. The van der Waals surface area contributed by atoms with Crippen LogP contribution in [0.5, 0.6) is 0 Å². The van der Waals surface area contributed by atoms with Crippen molar-refractivity contribution >= 4 is 17.1 Å². The molecule has 0 saturated carbocycles. The van der Waals surface area contributed by atoms with Crippen LogP contribution >= 0.6 is 11.3 Å². The van der Waals surface area contributed by atoms with Crippen LogP contribution in [0.25, 0.3) is 0 Å². The molecule has 0 radical (unpaired) electrons. The zero-order chi connectivity index (χ0) is 9.97. The van der Waals surface area contributed by atoms with Gasteiger partial charge >= 0.3 is 0 Å². The average Bonchev–Trinajstić information content (AvgIpc) is 2.87. The van der Waals surface area contributed by atoms with Crippen molar-refractivity contribution in [1.29, 1.82) is 0 Å². The monoisotopic (exact) mass is 209 g/mol. The fourth-order valence-electron chi connectivity index (χ4n) is 1.96. The van der Waals surface area contributed by atoms with Gasteiger partial charge in [-0.3, -0.25) is 4.79 Å². The molecule has 0 aliphatic carbocycles. The van der Waals surface area contributed by atoms with Crippen LogP contribution in [0.1, 0.15) is 29.4 Å². The lowest BCUT2D eigenvalue weighted by atomic mass is 9.95. The Bertz CT molecular complexity index is 301. The zero-order valence-electron chi connectivity index (χ0n) is 8.32. The molecule has 2 heterocycles. The van der Waals surface area contributed by atoms with Crippen LogP contribution in [0, 0.1) is 5.92 Å². The summed E-state index contributed by atoms with van der Waals surface area (Å²) in [6, 6.07) is 4.25. The van der Waals surface area contributed by atoms with Crippen molar-refractivity contribution in [2.75, 3.05) is 6.54 Å². The van der Waals surface area contributed by atoms with Crippen LogP contribution in [0.3, 0.4) is 0 Å². The van der Waals surface area contributed by atoms with Crippen LogP contribution in [0.15, 0.2) is 17.5 Å². The van der Waals surface area contributed by atoms with Gasteiger partial charge in [0.05, 0.1) is 4.88 Å². The third kappa shape index (κ3) is 1.88. The van der Waals surface area contributed by atoms with Crippen molar-refractivity contribution in [3.05, 3.63) is 22.4 Å². The van der Waals surface area contributed by atoms with E-state index in [1.165, 1.54) is 6.42 Å². The molecule has 0 bridgehead atoms. The minimum absolute atomic E-state index is 0.121. The third-order valence-corrected chi connectivity index (χ3v) is 3.76. The molecule has 0 aromatic carbocycles. The Hall–Kier alpha value is -0.670. The van der Waals surface area contributed by atoms with Gasteiger partial charge in [0, 0.05) is 12.0 Å². The number of Topliss-reactive ketones (excluding diaryl/α,β-unsaturated/α-hetero) is 1. The van der Waals surface area contributed by atoms with Crippen LogP contribution < -0.4 is 5.32 Å². The van der Waals surface area contributed by atoms with Gasteiger partial charge in [0.2, 0.25) is 0 Å². The van der Waals surface area contributed by atoms with E-state index in [0.29, 0.717) is 11.8 Å². The summed E-state index contributed by atoms with van der Waals surface area (Å²) < 4.78 is 0. The van der Waals surface area contributed by atoms with E-state index >= 15 is 0 Å². The lowest BCUT2D eigenvalue weighted by Gasteiger charge is -2.17. The quantitative estimate of drug-likeness (QED) is 0.774. The summed E-state index contributed by atoms with van der Waals surface area (Å²) in [6.45, 7) is 3.10. The summed E-state index contributed by atoms with van der Waals surface area (Å²) in [5, 5.41) is 5.34. The highest BCUT2D eigenvalue weighted by Gasteiger charge is 2.27. The highest BCUT2D eigenvalue weighted by atomic mass is 32.1. The molecule has 0 amide bonds. The topological polar surface area (TPSA) is 29.1 Å². The number of nitrogens with one attached hydrogen (secondary N) is 1. The van der Waals surface area contributed by atoms with Crippen LogP contribution in [0.2, 0.25) is 0 Å². The van der Waals surface area contributed by atoms with E-state index in [2.05, 4.69) is 5.32 Å². The Morgan fingerprint density at radius 2 is 2.57 bits per heavy atom. The van der Waals surface area contributed by atoms with E-state index in [1.807, 2.05) is 24.4 Å². The second-order valence-corrected chi connectivity index (χ2v) is 4.78. The maximum absolute atomic E-state index is 12.0. The summed E-state index contributed by atoms with van der Waals surface area (Å²) in [7, 11) is 0. The fourth-order valence-corrected chi connectivity index (χ4v) is 2.73. The Kier molecular flexibility index (Phi) is 2.99. The van der Waals surface area contributed by atoms with E-state index in [1.54, 1.807) is 11.3 Å². The predicted octanol–water partition coefficient (Wildman–Crippen LogP) is 2.32. The summed E-state index contributed by atoms with van der Waals surface area (Å²) in [5.41, 5.74) is 0. The van der Waals surface area contributed by atoms with Crippen molar-refractivity contribution < 1.29 is 4.79 Å². The molecule has 76 valence electrons. The first-order chi connectivity index (χ1) is 6.79. The number of carbonyl (C=O) groups excluding carboxylic acids is 1. The molecular weight excluding hydrogens is 194 g/mol. The summed E-state index contributed by atoms with van der Waals surface area (Å²) in [5.74, 6) is 0.413. The summed E-state index contributed by atoms with van der Waals surface area (Å²) >= 11 is 1.54. The van der Waals surface area contributed by atoms with Gasteiger partial charge in [-0.15, -0.1) is 11.3 Å². The van der Waals surface area contributed by atoms with Crippen LogP contribution in [-0.2, 0) is 0 Å². The molecule has 14 heavy (non-hydrogen) atoms. The first-order valence-corrected chi connectivity index (χ1v) is 5.98. The molecule has 2 atom stereocenters. The molecule has 2 rings (SSSR count). The molecule has 2 nitrogen and oxygen atoms in total. The molecule has 0 spiro atoms. The van der Waals surface area contributed by atoms with Crippen molar-refractivity contribution in [2.24, 2.45) is 5.92 Å². The Morgan fingerprint density at radius 3 is 3.14 bits per heavy atom. The van der Waals surface area contributed by atoms with Gasteiger partial charge in [-0.05, 0) is 30.8 Å². The standard InChI is InChI=1S/C11H15NOS/c1-8(9-4-2-6-12-9)11(13)10-5-3-7-14-10/h3,5,7-9,12H,2,4,6H2,1H3. The molecular formula is C11H15NOS. The minimum atomic E-state index is 0.121. The van der Waals surface area contributed by atoms with Gasteiger partial charge < -0.3 is 5.32 Å². The fraction of sp³-hybridized carbons (Fsp3) is 0.545. The predicted molar refractivity (Wildman–Crippen MR) is 58.8 cm³/mol. The maximum atomic E-state index is 12.0. The SMILES string of the molecule is CC(C(=O)c1cccs1)C1CCCN1. The highest BCUT2D eigenvalue weighted by molar-refractivity contribution is 7.12. The Morgan fingerprint density at radius 1 is 1.71 bits per heavy atom. The molecule has 1 aromatic heterocycles. The number of thiophene rings is 1. The van der Waals surface area contributed by atoms with E-state index in [9.17, 15) is 4.79 Å². The first-order valence-electron chi connectivity index (χ1n) is 5.10. The van der Waals surface area contributed by atoms with E-state index < -0.39 is 0 Å². The van der Waals surface area contributed by atoms with Crippen LogP contribution in [-0.4, -0.2) is 18.4 Å². The van der Waals surface area contributed by atoms with Crippen molar-refractivity contribution in [1.82, 2.24) is 5.32 Å². The van der Waals surface area contributed by atoms with E-state index in [-0.39, 0.29) is 5.92 Å². The molecule has 2 unspecified atom stereocenters. The van der Waals surface area contributed by atoms with E-state index in [0.717, 1.165) is 17.8 Å². The molecule has 1 aliphatic rings. The summed E-state index contributed by atoms with van der Waals surface area (Å²) in [6.07, 6.45) is 2.34. The van der Waals surface area contributed by atoms with Crippen LogP contribution in [0.4, 0.5) is 0 Å². The molecule has 1 aliphatic heterocycles. The molecule has 3 heteroatoms. The molecule has 1 aromatic rings. The normalized spacial score (nSPS) is 23.6. The zero-order valence-corrected chi connectivity index (χ0v) is 9.14. The van der Waals surface area contributed by atoms with Gasteiger partial charge in [0.25, 0.3) is 0 Å². The summed E-state index contributed by atoms with van der Waals surface area (Å²) in [4.78, 5) is 12.9. The number of rotatable bonds is 3. The highest BCUT2D eigenvalue weighted by Crippen LogP contribution is 2.21. The Labute approximate surface area is 88.3 Å². The van der Waals surface area contributed by atoms with Gasteiger partial charge in [0.15, 0.2) is 5.78 Å². The first kappa shape index (κ1) is 9.87. The van der Waals surface area contributed by atoms with Crippen molar-refractivity contribution in [3.63, 3.8) is 0 Å². The lowest BCUT2D eigenvalue weighted by molar-refractivity contribution is 0.0912. The third-order valence-electron chi connectivity index (χ3n) is 2.88. The minimum Gasteiger partial charge on any atom is -0.313 e. The van der Waals surface area contributed by atoms with Crippen molar-refractivity contribution in [2.45, 2.75) is 25.8 Å². The van der Waals surface area contributed by atoms with Gasteiger partial charge in [-0.1, -0.05) is 13.0 Å².